The monoisotopic (exact) mass is 2180 g/mol. The van der Waals surface area contributed by atoms with Gasteiger partial charge in [-0.25, -0.2) is 58.3 Å². The van der Waals surface area contributed by atoms with Gasteiger partial charge in [0.2, 0.25) is 41.5 Å². The Labute approximate surface area is 888 Å². The number of benzene rings is 7. The van der Waals surface area contributed by atoms with Crippen molar-refractivity contribution in [1.29, 1.82) is 0 Å². The van der Waals surface area contributed by atoms with Crippen LogP contribution in [0.15, 0.2) is 159 Å². The zero-order valence-corrected chi connectivity index (χ0v) is 88.5. The van der Waals surface area contributed by atoms with E-state index in [9.17, 15) is 61.2 Å². The first-order valence-corrected chi connectivity index (χ1v) is 54.5. The van der Waals surface area contributed by atoms with Crippen molar-refractivity contribution >= 4 is 169 Å². The van der Waals surface area contributed by atoms with E-state index in [0.717, 1.165) is 106 Å². The molecule has 0 spiro atoms. The summed E-state index contributed by atoms with van der Waals surface area (Å²) in [6.45, 7) is 43.9. The lowest BCUT2D eigenvalue weighted by molar-refractivity contribution is -0.134. The minimum Gasteiger partial charge on any atom is -0.508 e. The second-order valence-corrected chi connectivity index (χ2v) is 45.0. The Kier molecular flexibility index (Phi) is 33.8. The Balaban J connectivity index is 0.000000143. The average molecular weight is 2180 g/mol. The summed E-state index contributed by atoms with van der Waals surface area (Å²) in [6, 6.07) is 19.4. The second-order valence-electron chi connectivity index (χ2n) is 38.9. The van der Waals surface area contributed by atoms with Gasteiger partial charge in [-0.1, -0.05) is 117 Å². The number of carbonyl (C=O) groups is 4. The zero-order valence-electron chi connectivity index (χ0n) is 83.9. The number of halogens is 10. The number of carbonyl (C=O) groups excluding carboxylic acids is 4. The molecule has 1 saturated carbocycles. The molecule has 9 fully saturated rings. The molecule has 11 heterocycles. The minimum absolute atomic E-state index is 0.0140. The molecule has 0 radical (unpaired) electrons. The van der Waals surface area contributed by atoms with Gasteiger partial charge >= 0.3 is 0 Å². The van der Waals surface area contributed by atoms with E-state index in [-0.39, 0.29) is 136 Å². The summed E-state index contributed by atoms with van der Waals surface area (Å²) in [7, 11) is -5.14. The van der Waals surface area contributed by atoms with Gasteiger partial charge in [-0.2, -0.15) is 15.0 Å². The van der Waals surface area contributed by atoms with Crippen molar-refractivity contribution in [1.82, 2.24) is 72.8 Å². The van der Waals surface area contributed by atoms with Crippen molar-refractivity contribution in [2.24, 2.45) is 0 Å². The molecule has 3 aromatic heterocycles. The number of fused-ring (bicyclic) bond motifs is 3. The van der Waals surface area contributed by atoms with Crippen LogP contribution in [0.2, 0.25) is 20.1 Å². The summed E-state index contributed by atoms with van der Waals surface area (Å²) in [6.07, 6.45) is 9.36. The van der Waals surface area contributed by atoms with Crippen LogP contribution in [0, 0.1) is 34.9 Å². The van der Waals surface area contributed by atoms with Gasteiger partial charge in [0, 0.05) is 288 Å². The molecule has 7 N–H and O–H groups in total. The van der Waals surface area contributed by atoms with Crippen molar-refractivity contribution in [3.05, 3.63) is 225 Å². The highest BCUT2D eigenvalue weighted by Gasteiger charge is 2.43. The fourth-order valence-electron chi connectivity index (χ4n) is 20.1. The Morgan fingerprint density at radius 2 is 0.773 bits per heavy atom. The van der Waals surface area contributed by atoms with Crippen LogP contribution in [0.5, 0.6) is 23.0 Å². The number of likely N-dealkylation sites (tertiary alicyclic amines) is 2. The van der Waals surface area contributed by atoms with Gasteiger partial charge in [0.05, 0.1) is 31.8 Å². The van der Waals surface area contributed by atoms with Crippen LogP contribution in [0.3, 0.4) is 0 Å². The number of amides is 4. The molecule has 4 unspecified atom stereocenters. The SMILES string of the molecule is C=CC(=C)N1CC(N2CCN(C(=O)CCc3cc(C4(C)CC4)c(Cl)cc3O)CC2)C1.C=CC(=C)N1CCC(Nc2nc(N3CCN(C(C)=O)CC3)c3cc(Cl)c(-c4c(O)cccc4F)c(F)c3n2)C1.C=CS(=C)(=O)N1CCC(Nc2nc(N3CCN(C(C)=O)CC3)c3cc(Cl)c(-c4c(O)cccc4F)c(F)c3n2)C1.C=CS(=C)(=O)N1CCC(Nc2nc(N3CCN(C(C)=O)CC3)c3cc(Cl)c(-c4c(O)cccc4F)c(F)c3n2)CC1. The molecule has 1 aliphatic carbocycles. The standard InChI is InChI=1S/C28H31ClF2N6O3S.C28H29ClF2N6O2.C27H29ClF2N6O3S.C24H32ClN3O2/c1-4-41(3,40)37-10-8-18(9-11-37)32-28-33-26-19(27(34-28)36-14-12-35(13-15-36)17(2)38)16-20(29)23(25(26)31)24-21(30)6-5-7-22(24)39;1-4-16(2)37-9-8-18(15-37)32-28-33-26-19(27(34-28)36-12-10-35(11-13-36)17(3)38)14-20(29)23(25(26)31)24-21(30)6-5-7-22(24)39;1-4-40(3,39)36-9-8-17(15-36)31-27-32-25-18(26(33-27)35-12-10-34(11-13-35)16(2)37)14-19(28)22(24(25)30)23-20(29)6-5-7-21(23)38;1-4-17(2)28-15-19(16-28)26-9-11-27(12-10-26)23(30)6-5-18-13-20(24(3)7-8-24)21(25)14-22(18)29/h4-7,16,18,39H,1,3,8-15H2,2H3,(H,32,33,34);4-7,14,18,39H,1-2,8-13,15H2,3H3,(H,32,33,34);4-7,14,17,38H,1,3,8-13,15H2,2H3,(H,31,32,33);4,13-14,19,29H,1-2,5-12,15-16H2,3H3. The van der Waals surface area contributed by atoms with Gasteiger partial charge in [0.25, 0.3) is 0 Å². The first-order chi connectivity index (χ1) is 71.5. The quantitative estimate of drug-likeness (QED) is 0.0159. The van der Waals surface area contributed by atoms with E-state index in [0.29, 0.717) is 188 Å². The van der Waals surface area contributed by atoms with Gasteiger partial charge in [-0.05, 0) is 146 Å². The average Bonchev–Trinajstić information content (AvgIpc) is 1.09. The number of piperazine rings is 4. The molecule has 9 aliphatic rings. The number of allylic oxidation sites excluding steroid dienone is 2. The van der Waals surface area contributed by atoms with Crippen molar-refractivity contribution in [3.63, 3.8) is 0 Å². The number of nitrogens with one attached hydrogen (secondary N) is 3. The number of hydrogen-bond donors (Lipinski definition) is 7. The fraction of sp³-hybridized carbons (Fsp3) is 0.383. The smallest absolute Gasteiger partial charge is 0.225 e. The third-order valence-electron chi connectivity index (χ3n) is 29.3. The van der Waals surface area contributed by atoms with Crippen LogP contribution < -0.4 is 30.7 Å². The highest BCUT2D eigenvalue weighted by molar-refractivity contribution is 8.01. The summed E-state index contributed by atoms with van der Waals surface area (Å²) < 4.78 is 122. The van der Waals surface area contributed by atoms with Crippen LogP contribution in [0.4, 0.5) is 61.6 Å². The molecular weight excluding hydrogens is 2060 g/mol. The van der Waals surface area contributed by atoms with Gasteiger partial charge in [-0.3, -0.25) is 24.1 Å². The Bertz CT molecular complexity index is 7160. The van der Waals surface area contributed by atoms with E-state index in [1.54, 1.807) is 41.5 Å². The van der Waals surface area contributed by atoms with Crippen LogP contribution >= 0.6 is 46.4 Å². The maximum atomic E-state index is 16.3. The van der Waals surface area contributed by atoms with E-state index in [1.165, 1.54) is 86.2 Å². The van der Waals surface area contributed by atoms with E-state index in [4.69, 9.17) is 61.4 Å². The summed E-state index contributed by atoms with van der Waals surface area (Å²) >= 11 is 25.9. The third kappa shape index (κ3) is 23.9. The molecule has 43 heteroatoms. The zero-order chi connectivity index (χ0) is 108. The molecule has 4 amide bonds. The summed E-state index contributed by atoms with van der Waals surface area (Å²) in [5.41, 5.74) is 1.70. The first kappa shape index (κ1) is 110. The van der Waals surface area contributed by atoms with E-state index in [1.807, 2.05) is 25.7 Å². The molecule has 150 heavy (non-hydrogen) atoms. The van der Waals surface area contributed by atoms with Crippen LogP contribution in [-0.2, 0) is 50.4 Å². The fourth-order valence-corrected chi connectivity index (χ4v) is 23.4. The van der Waals surface area contributed by atoms with Crippen LogP contribution in [-0.4, -0.2) is 318 Å². The number of aromatic nitrogens is 6. The van der Waals surface area contributed by atoms with E-state index >= 15 is 13.2 Å². The molecule has 8 aliphatic heterocycles. The maximum Gasteiger partial charge on any atom is 0.225 e. The van der Waals surface area contributed by atoms with Crippen molar-refractivity contribution < 1.29 is 74.4 Å². The van der Waals surface area contributed by atoms with Crippen molar-refractivity contribution in [3.8, 4) is 56.4 Å². The lowest BCUT2D eigenvalue weighted by Crippen LogP contribution is -2.62. The lowest BCUT2D eigenvalue weighted by Gasteiger charge is -2.49. The van der Waals surface area contributed by atoms with E-state index < -0.39 is 71.6 Å². The summed E-state index contributed by atoms with van der Waals surface area (Å²) in [4.78, 5) is 95.8. The molecule has 4 atom stereocenters. The number of hydrogen-bond acceptors (Lipinski definition) is 25. The summed E-state index contributed by atoms with van der Waals surface area (Å²) in [5, 5.41) is 55.2. The Hall–Kier alpha value is -12.9. The number of phenols is 4. The molecule has 31 nitrogen and oxygen atoms in total. The van der Waals surface area contributed by atoms with Crippen molar-refractivity contribution in [2.45, 2.75) is 109 Å². The lowest BCUT2D eigenvalue weighted by atomic mass is 9.94. The maximum absolute atomic E-state index is 16.3. The largest absolute Gasteiger partial charge is 0.508 e. The van der Waals surface area contributed by atoms with Gasteiger partial charge in [-0.15, -0.1) is 0 Å². The molecule has 8 saturated heterocycles. The number of aromatic hydroxyl groups is 4. The molecular formula is C107H121Cl4F6N21O10S2. The van der Waals surface area contributed by atoms with Gasteiger partial charge < -0.3 is 80.5 Å². The van der Waals surface area contributed by atoms with Gasteiger partial charge in [0.15, 0.2) is 17.5 Å². The molecule has 10 aromatic rings. The first-order valence-electron chi connectivity index (χ1n) is 49.5. The number of phenolic OH excluding ortho intramolecular Hbond substituents is 4. The molecule has 19 rings (SSSR count). The molecule has 0 bridgehead atoms. The highest BCUT2D eigenvalue weighted by Crippen LogP contribution is 2.52. The van der Waals surface area contributed by atoms with Crippen LogP contribution in [0.1, 0.15) is 83.8 Å². The predicted octanol–water partition coefficient (Wildman–Crippen LogP) is 16.5. The topological polar surface area (TPSA) is 336 Å². The van der Waals surface area contributed by atoms with Crippen molar-refractivity contribution in [2.75, 3.05) is 188 Å². The third-order valence-corrected chi connectivity index (χ3v) is 34.0. The molecule has 796 valence electrons. The predicted molar refractivity (Wildman–Crippen MR) is 585 cm³/mol. The number of rotatable bonds is 25. The van der Waals surface area contributed by atoms with Crippen LogP contribution in [0.25, 0.3) is 66.1 Å². The Morgan fingerprint density at radius 3 is 1.15 bits per heavy atom. The number of piperidine rings is 1. The molecule has 7 aromatic carbocycles. The second kappa shape index (κ2) is 46.1. The normalized spacial score (nSPS) is 19.0. The number of anilines is 6. The number of aryl methyl sites for hydroxylation is 1. The van der Waals surface area contributed by atoms with E-state index in [2.05, 4.69) is 104 Å². The Morgan fingerprint density at radius 1 is 0.420 bits per heavy atom. The highest BCUT2D eigenvalue weighted by atomic mass is 35.5. The van der Waals surface area contributed by atoms with Gasteiger partial charge in [0.1, 0.15) is 74.5 Å². The number of nitrogens with zero attached hydrogens (tertiary/aromatic N) is 18. The summed E-state index contributed by atoms with van der Waals surface area (Å²) in [5.74, 6) is 3.12. The minimum atomic E-state index is -2.61.